The van der Waals surface area contributed by atoms with Gasteiger partial charge in [-0.25, -0.2) is 27.7 Å². The molecule has 6 aromatic carbocycles. The number of halogens is 5. The Labute approximate surface area is 552 Å². The minimum absolute atomic E-state index is 0. The number of nitrogens with one attached hydrogen (secondary N) is 6. The monoisotopic (exact) mass is 1330 g/mol. The summed E-state index contributed by atoms with van der Waals surface area (Å²) in [5.41, 5.74) is 10.6. The van der Waals surface area contributed by atoms with Crippen LogP contribution in [-0.2, 0) is 19.2 Å². The van der Waals surface area contributed by atoms with Crippen molar-refractivity contribution in [2.75, 3.05) is 52.6 Å². The van der Waals surface area contributed by atoms with Crippen LogP contribution in [0.15, 0.2) is 109 Å². The number of anilines is 6. The van der Waals surface area contributed by atoms with Crippen molar-refractivity contribution in [2.45, 2.75) is 101 Å². The molecule has 1 aliphatic rings. The fourth-order valence-electron chi connectivity index (χ4n) is 7.86. The number of benzene rings is 6. The van der Waals surface area contributed by atoms with Crippen LogP contribution < -0.4 is 47.4 Å². The normalized spacial score (nSPS) is 11.3. The zero-order valence-corrected chi connectivity index (χ0v) is 54.7. The Morgan fingerprint density at radius 2 is 1.04 bits per heavy atom. The van der Waals surface area contributed by atoms with E-state index < -0.39 is 46.3 Å². The molecule has 0 spiro atoms. The van der Waals surface area contributed by atoms with Gasteiger partial charge in [-0.15, -0.1) is 0 Å². The van der Waals surface area contributed by atoms with Crippen LogP contribution in [0.2, 0.25) is 0 Å². The van der Waals surface area contributed by atoms with Crippen molar-refractivity contribution in [3.8, 4) is 0 Å². The number of amides is 5. The van der Waals surface area contributed by atoms with Gasteiger partial charge < -0.3 is 42.5 Å². The second kappa shape index (κ2) is 38.6. The van der Waals surface area contributed by atoms with Crippen molar-refractivity contribution in [3.05, 3.63) is 194 Å². The molecule has 0 unspecified atom stereocenters. The van der Waals surface area contributed by atoms with E-state index >= 15 is 0 Å². The molecule has 0 radical (unpaired) electrons. The molecule has 482 valence electrons. The highest BCUT2D eigenvalue weighted by atomic mass is 35.5. The average molecular weight is 1330 g/mol. The highest BCUT2D eigenvalue weighted by molar-refractivity contribution is 7.86. The lowest BCUT2D eigenvalue weighted by Gasteiger charge is -2.29. The van der Waals surface area contributed by atoms with E-state index in [0.29, 0.717) is 58.1 Å². The molecule has 1 saturated heterocycles. The first kappa shape index (κ1) is 79.3. The van der Waals surface area contributed by atoms with E-state index in [-0.39, 0.29) is 57.0 Å². The van der Waals surface area contributed by atoms with E-state index in [1.807, 2.05) is 20.8 Å². The Morgan fingerprint density at radius 3 is 1.44 bits per heavy atom. The van der Waals surface area contributed by atoms with Crippen LogP contribution in [0, 0.1) is 57.9 Å². The molecule has 0 aliphatic carbocycles. The van der Waals surface area contributed by atoms with Gasteiger partial charge in [-0.1, -0.05) is 74.9 Å². The maximum Gasteiger partial charge on any atom is 0.373 e. The Kier molecular flexibility index (Phi) is 33.7. The summed E-state index contributed by atoms with van der Waals surface area (Å²) in [7, 11) is 4.32. The minimum Gasteiger partial charge on any atom is -0.399 e. The molecule has 6 aromatic rings. The first-order valence-corrected chi connectivity index (χ1v) is 28.2. The summed E-state index contributed by atoms with van der Waals surface area (Å²) < 4.78 is 48.2. The van der Waals surface area contributed by atoms with E-state index in [1.165, 1.54) is 68.5 Å². The van der Waals surface area contributed by atoms with Crippen LogP contribution in [0.3, 0.4) is 0 Å². The first-order chi connectivity index (χ1) is 42.6. The van der Waals surface area contributed by atoms with Crippen LogP contribution >= 0.6 is 47.6 Å². The lowest BCUT2D eigenvalue weighted by molar-refractivity contribution is -0.191. The number of carbonyl (C=O) groups excluding carboxylic acids is 7. The van der Waals surface area contributed by atoms with Gasteiger partial charge in [-0.3, -0.25) is 28.9 Å². The van der Waals surface area contributed by atoms with Gasteiger partial charge in [0.25, 0.3) is 23.6 Å². The highest BCUT2D eigenvalue weighted by Crippen LogP contribution is 2.38. The third-order valence-corrected chi connectivity index (χ3v) is 12.6. The third-order valence-electron chi connectivity index (χ3n) is 12.2. The SMILES string of the molecule is C.CNC(=O)c1ccc(NC(C)C)cc1F.O=C=O.S=C(Cl)Cl.[2H]CC.[C-]#[N+]c1ccc(N)cc1C.[C-]#[N+]c1ccc(N2C(=O)C(C)(C)N(c3ccc(C(=O)NC)c(F)c3)C2=S)cc1C.[C-]#[N+]c1ccc(NC(=O)C(C)(C)Nc2ccc(C(=O)NC)c(F)c2)cc1C. The maximum atomic E-state index is 14.5. The Hall–Kier alpha value is -9.73. The van der Waals surface area contributed by atoms with E-state index in [2.05, 4.69) is 58.7 Å². The molecule has 1 aliphatic heterocycles. The quantitative estimate of drug-likeness (QED) is 0.0277. The van der Waals surface area contributed by atoms with Gasteiger partial charge >= 0.3 is 6.15 Å². The van der Waals surface area contributed by atoms with Gasteiger partial charge in [-0.05, 0) is 182 Å². The third kappa shape index (κ3) is 24.0. The van der Waals surface area contributed by atoms with Crippen LogP contribution in [0.25, 0.3) is 14.5 Å². The Morgan fingerprint density at radius 1 is 0.670 bits per heavy atom. The van der Waals surface area contributed by atoms with Crippen molar-refractivity contribution >= 4 is 143 Å². The number of rotatable bonds is 11. The molecule has 0 atom stereocenters. The van der Waals surface area contributed by atoms with Crippen molar-refractivity contribution in [1.82, 2.24) is 16.0 Å². The molecule has 19 nitrogen and oxygen atoms in total. The molecule has 1 fully saturated rings. The zero-order chi connectivity index (χ0) is 69.7. The lowest BCUT2D eigenvalue weighted by atomic mass is 10.0. The van der Waals surface area contributed by atoms with Gasteiger partial charge in [0.2, 0.25) is 5.91 Å². The number of nitrogens with two attached hydrogens (primary N) is 1. The number of thiocarbonyl (C=S) groups is 2. The molecule has 0 aromatic heterocycles. The molecule has 7 rings (SSSR count). The number of carbonyl (C=O) groups is 5. The molecule has 1 heterocycles. The largest absolute Gasteiger partial charge is 0.399 e. The Balaban J connectivity index is 0.00000120. The summed E-state index contributed by atoms with van der Waals surface area (Å²) in [5, 5.41) is 16.1. The molecule has 91 heavy (non-hydrogen) atoms. The van der Waals surface area contributed by atoms with Gasteiger partial charge in [-0.2, -0.15) is 9.59 Å². The molecule has 8 N–H and O–H groups in total. The van der Waals surface area contributed by atoms with Gasteiger partial charge in [0.05, 0.1) is 36.4 Å². The zero-order valence-electron chi connectivity index (χ0n) is 52.6. The van der Waals surface area contributed by atoms with Crippen LogP contribution in [0.4, 0.5) is 64.4 Å². The van der Waals surface area contributed by atoms with Gasteiger partial charge in [0.15, 0.2) is 26.0 Å². The molecule has 26 heteroatoms. The fourth-order valence-corrected chi connectivity index (χ4v) is 8.38. The van der Waals surface area contributed by atoms with Crippen LogP contribution in [0.5, 0.6) is 0 Å². The minimum atomic E-state index is -1.07. The maximum absolute atomic E-state index is 14.5. The van der Waals surface area contributed by atoms with Gasteiger partial charge in [0, 0.05) is 62.7 Å². The second-order valence-electron chi connectivity index (χ2n) is 19.8. The van der Waals surface area contributed by atoms with Crippen molar-refractivity contribution in [1.29, 1.82) is 0 Å². The van der Waals surface area contributed by atoms with Crippen molar-refractivity contribution < 1.29 is 48.1 Å². The summed E-state index contributed by atoms with van der Waals surface area (Å²) >= 11 is 19.2. The number of aryl methyl sites for hydroxylation is 3. The number of nitrogen functional groups attached to an aromatic ring is 1. The van der Waals surface area contributed by atoms with E-state index in [9.17, 15) is 37.1 Å². The average Bonchev–Trinajstić information content (AvgIpc) is 1.58. The topological polar surface area (TPSA) is 237 Å². The summed E-state index contributed by atoms with van der Waals surface area (Å²) in [6.45, 7) is 39.4. The highest BCUT2D eigenvalue weighted by Gasteiger charge is 2.50. The fraction of sp³-hybridized carbons (Fsp3) is 0.277. The standard InChI is InChI=1S/C21H19FN4O2S.C20H21FN4O2.C11H15FN2O.C8H8N2.C2H6.CCl2S.CO2.CH4/c1-12-10-13(7-9-17(12)23-4)25-19(28)21(2,3)26(20(25)29)14-6-8-15(16(22)11-14)18(27)24-5;1-12-10-13(7-9-17(12)22-4)24-19(27)20(2,3)25-14-6-8-15(16(21)11-14)18(26)23-5;1-7(2)14-8-4-5-9(10(12)6-8)11(15)13-3;1-6-5-7(9)3-4-8(6)10-2;1-2;2-1(3)4;2-1-3;/h6-11H,1-3,5H3,(H,24,27);6-11,25H,1-3,5H3,(H,23,26)(H,24,27);4-7,14H,1-3H3,(H,13,15);3-5H,9H2,1H3;1-2H3;;;1H4/i;;;;1D;;;. The summed E-state index contributed by atoms with van der Waals surface area (Å²) in [5.74, 6) is -3.96. The van der Waals surface area contributed by atoms with Crippen LogP contribution in [0.1, 0.15) is 112 Å². The smallest absolute Gasteiger partial charge is 0.373 e. The molecule has 0 saturated carbocycles. The van der Waals surface area contributed by atoms with Crippen LogP contribution in [-0.4, -0.2) is 82.8 Å². The number of hydrogen-bond acceptors (Lipinski definition) is 12. The first-order valence-electron chi connectivity index (χ1n) is 27.3. The molecular weight excluding hydrogens is 1250 g/mol. The predicted molar refractivity (Wildman–Crippen MR) is 365 cm³/mol. The number of nitrogens with zero attached hydrogens (tertiary/aromatic N) is 5. The second-order valence-corrected chi connectivity index (χ2v) is 21.9. The van der Waals surface area contributed by atoms with Crippen molar-refractivity contribution in [3.63, 3.8) is 0 Å². The van der Waals surface area contributed by atoms with E-state index in [4.69, 9.17) is 71.8 Å². The Bertz CT molecular complexity index is 3790. The van der Waals surface area contributed by atoms with E-state index in [0.717, 1.165) is 16.7 Å². The molecule has 5 amide bonds. The van der Waals surface area contributed by atoms with Gasteiger partial charge in [0.1, 0.15) is 28.5 Å². The van der Waals surface area contributed by atoms with Crippen molar-refractivity contribution in [2.24, 2.45) is 0 Å². The lowest BCUT2D eigenvalue weighted by Crippen LogP contribution is -2.44. The molecule has 0 bridgehead atoms. The number of hydrogen-bond donors (Lipinski definition) is 7. The predicted octanol–water partition coefficient (Wildman–Crippen LogP) is 14.8. The summed E-state index contributed by atoms with van der Waals surface area (Å²) in [4.78, 5) is 89.6. The van der Waals surface area contributed by atoms with E-state index in [1.54, 1.807) is 120 Å². The molecular formula is C65H73Cl2F3N12O7S2. The summed E-state index contributed by atoms with van der Waals surface area (Å²) in [6.07, 6.45) is 0.250. The summed E-state index contributed by atoms with van der Waals surface area (Å²) in [6, 6.07) is 28.2.